The van der Waals surface area contributed by atoms with Crippen molar-refractivity contribution in [3.05, 3.63) is 16.8 Å². The first kappa shape index (κ1) is 14.5. The van der Waals surface area contributed by atoms with Crippen LogP contribution >= 0.6 is 11.3 Å². The van der Waals surface area contributed by atoms with Crippen LogP contribution in [0.15, 0.2) is 16.8 Å². The molecule has 0 saturated heterocycles. The zero-order valence-electron chi connectivity index (χ0n) is 10.1. The fraction of sp³-hybridized carbons (Fsp3) is 0.500. The highest BCUT2D eigenvalue weighted by atomic mass is 32.1. The maximum absolute atomic E-state index is 11.4. The molecule has 1 rings (SSSR count). The van der Waals surface area contributed by atoms with Crippen LogP contribution in [0.3, 0.4) is 0 Å². The lowest BCUT2D eigenvalue weighted by Crippen LogP contribution is -2.29. The summed E-state index contributed by atoms with van der Waals surface area (Å²) >= 11 is 1.53. The Hall–Kier alpha value is -1.56. The number of rotatable bonds is 8. The number of anilines is 1. The predicted molar refractivity (Wildman–Crippen MR) is 72.1 cm³/mol. The van der Waals surface area contributed by atoms with Gasteiger partial charge >= 0.3 is 12.0 Å². The van der Waals surface area contributed by atoms with Gasteiger partial charge in [0.2, 0.25) is 0 Å². The van der Waals surface area contributed by atoms with Gasteiger partial charge < -0.3 is 15.7 Å². The van der Waals surface area contributed by atoms with Crippen LogP contribution in [0.5, 0.6) is 0 Å². The van der Waals surface area contributed by atoms with Gasteiger partial charge in [0.05, 0.1) is 5.69 Å². The Morgan fingerprint density at radius 2 is 2.00 bits per heavy atom. The Balaban J connectivity index is 1.94. The molecule has 3 N–H and O–H groups in total. The molecule has 0 atom stereocenters. The van der Waals surface area contributed by atoms with Crippen LogP contribution in [-0.2, 0) is 4.79 Å². The SMILES string of the molecule is O=C(O)CCCCCCNC(=O)Nc1ccsc1. The summed E-state index contributed by atoms with van der Waals surface area (Å²) < 4.78 is 0. The van der Waals surface area contributed by atoms with Crippen molar-refractivity contribution in [3.8, 4) is 0 Å². The minimum atomic E-state index is -0.747. The van der Waals surface area contributed by atoms with Gasteiger partial charge in [-0.2, -0.15) is 11.3 Å². The van der Waals surface area contributed by atoms with E-state index >= 15 is 0 Å². The van der Waals surface area contributed by atoms with E-state index in [9.17, 15) is 9.59 Å². The van der Waals surface area contributed by atoms with E-state index in [0.717, 1.165) is 24.9 Å². The molecule has 5 nitrogen and oxygen atoms in total. The maximum atomic E-state index is 11.4. The number of urea groups is 1. The monoisotopic (exact) mass is 270 g/mol. The van der Waals surface area contributed by atoms with Crippen LogP contribution in [0.25, 0.3) is 0 Å². The quantitative estimate of drug-likeness (QED) is 0.635. The molecule has 0 unspecified atom stereocenters. The van der Waals surface area contributed by atoms with Gasteiger partial charge in [-0.25, -0.2) is 4.79 Å². The number of thiophene rings is 1. The lowest BCUT2D eigenvalue weighted by atomic mass is 10.1. The van der Waals surface area contributed by atoms with Crippen LogP contribution in [0.1, 0.15) is 32.1 Å². The average Bonchev–Trinajstić information content (AvgIpc) is 2.80. The molecule has 0 aliphatic carbocycles. The van der Waals surface area contributed by atoms with Gasteiger partial charge in [0, 0.05) is 18.3 Å². The second-order valence-electron chi connectivity index (χ2n) is 3.95. The molecule has 0 aromatic carbocycles. The van der Waals surface area contributed by atoms with Crippen molar-refractivity contribution in [2.24, 2.45) is 0 Å². The summed E-state index contributed by atoms with van der Waals surface area (Å²) in [6, 6.07) is 1.65. The molecule has 0 bridgehead atoms. The predicted octanol–water partition coefficient (Wildman–Crippen LogP) is 2.90. The van der Waals surface area contributed by atoms with E-state index in [4.69, 9.17) is 5.11 Å². The summed E-state index contributed by atoms with van der Waals surface area (Å²) in [6.45, 7) is 0.614. The molecular formula is C12H18N2O3S. The molecule has 0 saturated carbocycles. The first-order valence-electron chi connectivity index (χ1n) is 5.97. The van der Waals surface area contributed by atoms with E-state index in [-0.39, 0.29) is 12.5 Å². The van der Waals surface area contributed by atoms with Crippen LogP contribution in [-0.4, -0.2) is 23.7 Å². The van der Waals surface area contributed by atoms with Crippen molar-refractivity contribution in [1.82, 2.24) is 5.32 Å². The summed E-state index contributed by atoms with van der Waals surface area (Å²) in [5, 5.41) is 17.7. The number of carbonyl (C=O) groups excluding carboxylic acids is 1. The van der Waals surface area contributed by atoms with E-state index < -0.39 is 5.97 Å². The largest absolute Gasteiger partial charge is 0.481 e. The van der Waals surface area contributed by atoms with Crippen molar-refractivity contribution >= 4 is 29.0 Å². The number of carboxylic acid groups (broad SMARTS) is 1. The topological polar surface area (TPSA) is 78.4 Å². The molecule has 0 fully saturated rings. The molecule has 6 heteroatoms. The van der Waals surface area contributed by atoms with E-state index in [1.807, 2.05) is 16.8 Å². The molecular weight excluding hydrogens is 252 g/mol. The van der Waals surface area contributed by atoms with Gasteiger partial charge in [-0.05, 0) is 24.3 Å². The Kier molecular flexibility index (Phi) is 6.86. The average molecular weight is 270 g/mol. The van der Waals surface area contributed by atoms with Crippen molar-refractivity contribution in [3.63, 3.8) is 0 Å². The van der Waals surface area contributed by atoms with Crippen molar-refractivity contribution < 1.29 is 14.7 Å². The molecule has 1 heterocycles. The summed E-state index contributed by atoms with van der Waals surface area (Å²) in [5.41, 5.74) is 0.805. The third-order valence-corrected chi connectivity index (χ3v) is 3.07. The Morgan fingerprint density at radius 3 is 2.67 bits per heavy atom. The van der Waals surface area contributed by atoms with Gasteiger partial charge in [0.15, 0.2) is 0 Å². The molecule has 0 radical (unpaired) electrons. The summed E-state index contributed by atoms with van der Waals surface area (Å²) in [4.78, 5) is 21.7. The molecule has 18 heavy (non-hydrogen) atoms. The molecule has 0 spiro atoms. The normalized spacial score (nSPS) is 10.0. The second-order valence-corrected chi connectivity index (χ2v) is 4.73. The number of amides is 2. The van der Waals surface area contributed by atoms with Crippen molar-refractivity contribution in [1.29, 1.82) is 0 Å². The fourth-order valence-electron chi connectivity index (χ4n) is 1.47. The lowest BCUT2D eigenvalue weighted by molar-refractivity contribution is -0.137. The number of aliphatic carboxylic acids is 1. The van der Waals surface area contributed by atoms with Crippen molar-refractivity contribution in [2.75, 3.05) is 11.9 Å². The molecule has 1 aromatic rings. The first-order chi connectivity index (χ1) is 8.68. The van der Waals surface area contributed by atoms with Crippen molar-refractivity contribution in [2.45, 2.75) is 32.1 Å². The Bertz CT molecular complexity index is 365. The number of carboxylic acids is 1. The number of unbranched alkanes of at least 4 members (excludes halogenated alkanes) is 3. The molecule has 0 aliphatic heterocycles. The lowest BCUT2D eigenvalue weighted by Gasteiger charge is -2.05. The summed E-state index contributed by atoms with van der Waals surface area (Å²) in [6.07, 6.45) is 3.63. The highest BCUT2D eigenvalue weighted by Gasteiger charge is 2.01. The summed E-state index contributed by atoms with van der Waals surface area (Å²) in [5.74, 6) is -0.747. The number of carbonyl (C=O) groups is 2. The summed E-state index contributed by atoms with van der Waals surface area (Å²) in [7, 11) is 0. The Morgan fingerprint density at radius 1 is 1.22 bits per heavy atom. The van der Waals surface area contributed by atoms with Gasteiger partial charge in [-0.3, -0.25) is 4.79 Å². The number of nitrogens with one attached hydrogen (secondary N) is 2. The van der Waals surface area contributed by atoms with E-state index in [1.54, 1.807) is 0 Å². The van der Waals surface area contributed by atoms with E-state index in [1.165, 1.54) is 11.3 Å². The number of hydrogen-bond donors (Lipinski definition) is 3. The van der Waals surface area contributed by atoms with Gasteiger partial charge in [0.1, 0.15) is 0 Å². The molecule has 100 valence electrons. The molecule has 2 amide bonds. The fourth-order valence-corrected chi connectivity index (χ4v) is 2.06. The molecule has 0 aliphatic rings. The van der Waals surface area contributed by atoms with Crippen LogP contribution in [0.2, 0.25) is 0 Å². The van der Waals surface area contributed by atoms with E-state index in [0.29, 0.717) is 13.0 Å². The van der Waals surface area contributed by atoms with Crippen LogP contribution < -0.4 is 10.6 Å². The highest BCUT2D eigenvalue weighted by Crippen LogP contribution is 2.11. The second kappa shape index (κ2) is 8.52. The third-order valence-electron chi connectivity index (χ3n) is 2.38. The van der Waals surface area contributed by atoms with Crippen LogP contribution in [0, 0.1) is 0 Å². The minimum Gasteiger partial charge on any atom is -0.481 e. The Labute approximate surface area is 110 Å². The third kappa shape index (κ3) is 6.90. The zero-order chi connectivity index (χ0) is 13.2. The van der Waals surface area contributed by atoms with E-state index in [2.05, 4.69) is 10.6 Å². The van der Waals surface area contributed by atoms with Gasteiger partial charge in [-0.15, -0.1) is 0 Å². The standard InChI is InChI=1S/C12H18N2O3S/c15-11(16)5-3-1-2-4-7-13-12(17)14-10-6-8-18-9-10/h6,8-9H,1-5,7H2,(H,15,16)(H2,13,14,17). The zero-order valence-corrected chi connectivity index (χ0v) is 11.0. The minimum absolute atomic E-state index is 0.195. The van der Waals surface area contributed by atoms with Gasteiger partial charge in [-0.1, -0.05) is 12.8 Å². The smallest absolute Gasteiger partial charge is 0.319 e. The van der Waals surface area contributed by atoms with Gasteiger partial charge in [0.25, 0.3) is 0 Å². The number of hydrogen-bond acceptors (Lipinski definition) is 3. The first-order valence-corrected chi connectivity index (χ1v) is 6.91. The maximum Gasteiger partial charge on any atom is 0.319 e. The van der Waals surface area contributed by atoms with Crippen LogP contribution in [0.4, 0.5) is 10.5 Å². The highest BCUT2D eigenvalue weighted by molar-refractivity contribution is 7.08. The molecule has 1 aromatic heterocycles.